The van der Waals surface area contributed by atoms with Gasteiger partial charge in [-0.3, -0.25) is 19.4 Å². The number of nitrogens with zero attached hydrogens (tertiary/aromatic N) is 2. The van der Waals surface area contributed by atoms with Gasteiger partial charge in [0.1, 0.15) is 23.2 Å². The van der Waals surface area contributed by atoms with Crippen LogP contribution < -0.4 is 16.1 Å². The second-order valence-electron chi connectivity index (χ2n) is 14.8. The molecule has 5 atom stereocenters. The molecule has 4 aliphatic rings. The predicted molar refractivity (Wildman–Crippen MR) is 190 cm³/mol. The number of fused-ring (bicyclic) bond motifs is 2. The van der Waals surface area contributed by atoms with Gasteiger partial charge in [0.15, 0.2) is 0 Å². The number of nitrogens with one attached hydrogen (secondary N) is 3. The van der Waals surface area contributed by atoms with Crippen LogP contribution in [-0.4, -0.2) is 87.2 Å². The lowest BCUT2D eigenvalue weighted by Crippen LogP contribution is -2.57. The zero-order valence-electron chi connectivity index (χ0n) is 29.4. The molecule has 2 aromatic carbocycles. The molecule has 0 bridgehead atoms. The molecule has 0 aromatic heterocycles. The molecule has 4 N–H and O–H groups in total. The summed E-state index contributed by atoms with van der Waals surface area (Å²) < 4.78 is 5.49. The molecule has 1 aliphatic carbocycles. The Kier molecular flexibility index (Phi) is 10.3. The van der Waals surface area contributed by atoms with E-state index in [4.69, 9.17) is 4.74 Å². The molecule has 2 fully saturated rings. The van der Waals surface area contributed by atoms with Crippen molar-refractivity contribution < 1.29 is 33.8 Å². The van der Waals surface area contributed by atoms with Crippen LogP contribution in [0.1, 0.15) is 76.8 Å². The van der Waals surface area contributed by atoms with E-state index in [0.717, 1.165) is 36.0 Å². The number of hydrogen-bond acceptors (Lipinski definition) is 7. The predicted octanol–water partition coefficient (Wildman–Crippen LogP) is 4.29. The average molecular weight is 698 g/mol. The van der Waals surface area contributed by atoms with E-state index >= 15 is 0 Å². The normalized spacial score (nSPS) is 27.5. The number of alkyl carbamates (subject to hydrolysis) is 1. The number of amides is 4. The van der Waals surface area contributed by atoms with Crippen molar-refractivity contribution in [2.75, 3.05) is 13.1 Å². The van der Waals surface area contributed by atoms with E-state index in [2.05, 4.69) is 16.1 Å². The minimum atomic E-state index is -1.47. The SMILES string of the molecule is CC(C)(C)OC(=O)N[C@H]1CCCCCC=C[C@@H]2C[C@@]2(C(=O)O)NC(=O)C2C[C@@H](N3NCC(c4ccccc4)=C(c4ccccc4)C3=O)CN2C1=O. The summed E-state index contributed by atoms with van der Waals surface area (Å²) in [6.45, 7) is 5.51. The summed E-state index contributed by atoms with van der Waals surface area (Å²) >= 11 is 0. The summed E-state index contributed by atoms with van der Waals surface area (Å²) in [5.74, 6) is -2.90. The molecule has 0 radical (unpaired) electrons. The van der Waals surface area contributed by atoms with Gasteiger partial charge in [-0.15, -0.1) is 0 Å². The van der Waals surface area contributed by atoms with E-state index < -0.39 is 53.1 Å². The number of hydrogen-bond donors (Lipinski definition) is 4. The molecule has 51 heavy (non-hydrogen) atoms. The third-order valence-corrected chi connectivity index (χ3v) is 10.0. The first-order valence-electron chi connectivity index (χ1n) is 17.8. The van der Waals surface area contributed by atoms with E-state index in [0.29, 0.717) is 25.0 Å². The molecule has 12 nitrogen and oxygen atoms in total. The molecule has 0 spiro atoms. The van der Waals surface area contributed by atoms with Gasteiger partial charge < -0.3 is 25.4 Å². The Hall–Kier alpha value is -4.97. The molecule has 2 aromatic rings. The van der Waals surface area contributed by atoms with Gasteiger partial charge in [0.2, 0.25) is 11.8 Å². The number of allylic oxidation sites excluding steroid dienone is 1. The lowest BCUT2D eigenvalue weighted by Gasteiger charge is -2.36. The minimum absolute atomic E-state index is 0.00565. The fourth-order valence-corrected chi connectivity index (χ4v) is 7.37. The van der Waals surface area contributed by atoms with E-state index in [1.807, 2.05) is 72.8 Å². The van der Waals surface area contributed by atoms with E-state index in [1.54, 1.807) is 20.8 Å². The van der Waals surface area contributed by atoms with Crippen molar-refractivity contribution >= 4 is 40.9 Å². The van der Waals surface area contributed by atoms with Crippen molar-refractivity contribution in [2.45, 2.75) is 95.0 Å². The van der Waals surface area contributed by atoms with Crippen LogP contribution in [0, 0.1) is 5.92 Å². The van der Waals surface area contributed by atoms with Gasteiger partial charge >= 0.3 is 12.1 Å². The highest BCUT2D eigenvalue weighted by molar-refractivity contribution is 6.28. The Labute approximate surface area is 298 Å². The van der Waals surface area contributed by atoms with Crippen molar-refractivity contribution in [3.8, 4) is 0 Å². The number of carboxylic acids is 1. The van der Waals surface area contributed by atoms with Crippen molar-refractivity contribution in [3.63, 3.8) is 0 Å². The molecule has 12 heteroatoms. The Balaban J connectivity index is 1.34. The molecule has 270 valence electrons. The molecule has 3 aliphatic heterocycles. The topological polar surface area (TPSA) is 157 Å². The number of ether oxygens (including phenoxy) is 1. The summed E-state index contributed by atoms with van der Waals surface area (Å²) in [5, 5.41) is 17.3. The molecule has 1 saturated carbocycles. The Morgan fingerprint density at radius 2 is 1.65 bits per heavy atom. The zero-order chi connectivity index (χ0) is 36.3. The maximum Gasteiger partial charge on any atom is 0.408 e. The molecule has 4 amide bonds. The van der Waals surface area contributed by atoms with Crippen molar-refractivity contribution in [1.29, 1.82) is 0 Å². The number of aliphatic carboxylic acids is 1. The van der Waals surface area contributed by atoms with Crippen molar-refractivity contribution in [2.24, 2.45) is 5.92 Å². The fourth-order valence-electron chi connectivity index (χ4n) is 7.37. The highest BCUT2D eigenvalue weighted by Crippen LogP contribution is 2.45. The number of carbonyl (C=O) groups excluding carboxylic acids is 4. The molecule has 6 rings (SSSR count). The number of benzene rings is 2. The fraction of sp³-hybridized carbons (Fsp3) is 0.462. The summed E-state index contributed by atoms with van der Waals surface area (Å²) in [4.78, 5) is 70.0. The summed E-state index contributed by atoms with van der Waals surface area (Å²) in [7, 11) is 0. The number of carboxylic acid groups (broad SMARTS) is 1. The highest BCUT2D eigenvalue weighted by Gasteiger charge is 2.61. The van der Waals surface area contributed by atoms with Crippen LogP contribution in [-0.2, 0) is 23.9 Å². The maximum atomic E-state index is 14.5. The summed E-state index contributed by atoms with van der Waals surface area (Å²) in [5.41, 5.74) is 3.98. The average Bonchev–Trinajstić information content (AvgIpc) is 3.61. The lowest BCUT2D eigenvalue weighted by molar-refractivity contribution is -0.145. The van der Waals surface area contributed by atoms with Gasteiger partial charge in [0.05, 0.1) is 11.6 Å². The standard InChI is InChI=1S/C39H47N5O7/c1-38(2,3)51-37(50)41-30-20-14-6-4-5-13-19-27-22-39(27,36(48)49)42-33(45)31-21-28(24-43(31)34(30)46)44-35(47)32(26-17-11-8-12-18-26)29(23-40-44)25-15-9-7-10-16-25/h7-13,15-19,27-28,30-31,40H,4-6,14,20-24H2,1-3H3,(H,41,50)(H,42,45)(H,48,49)/t27-,28-,30+,31?,39-/m1/s1. The van der Waals surface area contributed by atoms with Gasteiger partial charge in [-0.2, -0.15) is 0 Å². The second-order valence-corrected chi connectivity index (χ2v) is 14.8. The number of hydrazine groups is 1. The molecule has 1 saturated heterocycles. The molecule has 3 heterocycles. The van der Waals surface area contributed by atoms with Crippen LogP contribution in [0.3, 0.4) is 0 Å². The second kappa shape index (κ2) is 14.7. The van der Waals surface area contributed by atoms with Gasteiger partial charge in [0, 0.05) is 25.4 Å². The first-order valence-corrected chi connectivity index (χ1v) is 17.8. The molecule has 1 unspecified atom stereocenters. The first kappa shape index (κ1) is 35.8. The van der Waals surface area contributed by atoms with Gasteiger partial charge in [-0.05, 0) is 63.2 Å². The van der Waals surface area contributed by atoms with Gasteiger partial charge in [0.25, 0.3) is 5.91 Å². The third kappa shape index (κ3) is 7.85. The third-order valence-electron chi connectivity index (χ3n) is 10.0. The lowest BCUT2D eigenvalue weighted by atomic mass is 9.92. The quantitative estimate of drug-likeness (QED) is 0.337. The largest absolute Gasteiger partial charge is 0.479 e. The molecular formula is C39H47N5O7. The van der Waals surface area contributed by atoms with Crippen LogP contribution in [0.4, 0.5) is 4.79 Å². The van der Waals surface area contributed by atoms with Gasteiger partial charge in [-0.25, -0.2) is 15.0 Å². The van der Waals surface area contributed by atoms with Crippen LogP contribution in [0.5, 0.6) is 0 Å². The molecular weight excluding hydrogens is 650 g/mol. The Bertz CT molecular complexity index is 1720. The maximum absolute atomic E-state index is 14.5. The van der Waals surface area contributed by atoms with E-state index in [1.165, 1.54) is 9.91 Å². The monoisotopic (exact) mass is 697 g/mol. The Morgan fingerprint density at radius 3 is 2.31 bits per heavy atom. The minimum Gasteiger partial charge on any atom is -0.479 e. The van der Waals surface area contributed by atoms with Crippen molar-refractivity contribution in [3.05, 3.63) is 83.9 Å². The number of carbonyl (C=O) groups is 5. The van der Waals surface area contributed by atoms with E-state index in [9.17, 15) is 29.1 Å². The highest BCUT2D eigenvalue weighted by atomic mass is 16.6. The first-order chi connectivity index (χ1) is 24.4. The van der Waals surface area contributed by atoms with Crippen LogP contribution in [0.25, 0.3) is 11.1 Å². The number of rotatable bonds is 5. The summed E-state index contributed by atoms with van der Waals surface area (Å²) in [6, 6.07) is 16.3. The van der Waals surface area contributed by atoms with Crippen LogP contribution >= 0.6 is 0 Å². The van der Waals surface area contributed by atoms with Crippen molar-refractivity contribution in [1.82, 2.24) is 26.0 Å². The smallest absolute Gasteiger partial charge is 0.408 e. The van der Waals surface area contributed by atoms with Crippen LogP contribution in [0.15, 0.2) is 72.8 Å². The Morgan fingerprint density at radius 1 is 0.961 bits per heavy atom. The van der Waals surface area contributed by atoms with Gasteiger partial charge in [-0.1, -0.05) is 85.7 Å². The van der Waals surface area contributed by atoms with Crippen LogP contribution in [0.2, 0.25) is 0 Å². The zero-order valence-corrected chi connectivity index (χ0v) is 29.4. The summed E-state index contributed by atoms with van der Waals surface area (Å²) in [6.07, 6.45) is 6.67. The van der Waals surface area contributed by atoms with E-state index in [-0.39, 0.29) is 31.2 Å².